The smallest absolute Gasteiger partial charge is 0.416 e. The van der Waals surface area contributed by atoms with E-state index >= 15 is 0 Å². The van der Waals surface area contributed by atoms with Crippen molar-refractivity contribution >= 4 is 6.09 Å². The summed E-state index contributed by atoms with van der Waals surface area (Å²) in [5.74, 6) is 0.433. The minimum Gasteiger partial charge on any atom is -0.444 e. The Hall–Kier alpha value is -3.43. The molecule has 182 valence electrons. The number of carbonyl (C=O) groups excluding carboxylic acids is 1. The Morgan fingerprint density at radius 3 is 2.38 bits per heavy atom. The number of ether oxygens (including phenoxy) is 1. The van der Waals surface area contributed by atoms with Gasteiger partial charge in [-0.25, -0.2) is 4.79 Å². The minimum atomic E-state index is -4.36. The molecule has 0 unspecified atom stereocenters. The largest absolute Gasteiger partial charge is 0.444 e. The monoisotopic (exact) mass is 475 g/mol. The second-order valence-corrected chi connectivity index (χ2v) is 8.99. The number of tetrazole rings is 1. The lowest BCUT2D eigenvalue weighted by atomic mass is 9.98. The van der Waals surface area contributed by atoms with Gasteiger partial charge in [0.05, 0.1) is 12.1 Å². The van der Waals surface area contributed by atoms with E-state index < -0.39 is 23.4 Å². The third-order valence-electron chi connectivity index (χ3n) is 4.94. The standard InChI is InChI=1S/C24H28F3N5O2/c1-23(2,3)34-22(33)31(4)14-7-15-32-29-21(28-30-32)20-9-6-5-8-18(20)16-17-10-12-19(13-11-17)24(25,26)27/h5-6,8-13H,7,14-16H2,1-4H3. The maximum absolute atomic E-state index is 12.8. The number of benzene rings is 2. The van der Waals surface area contributed by atoms with Crippen LogP contribution in [0.3, 0.4) is 0 Å². The van der Waals surface area contributed by atoms with Crippen molar-refractivity contribution in [2.45, 2.75) is 51.9 Å². The Bertz CT molecular complexity index is 1100. The summed E-state index contributed by atoms with van der Waals surface area (Å²) in [6.45, 7) is 6.37. The number of nitrogens with zero attached hydrogens (tertiary/aromatic N) is 5. The van der Waals surface area contributed by atoms with Crippen molar-refractivity contribution in [3.05, 3.63) is 65.2 Å². The molecule has 3 aromatic rings. The molecule has 2 aromatic carbocycles. The Morgan fingerprint density at radius 1 is 1.06 bits per heavy atom. The molecule has 0 N–H and O–H groups in total. The van der Waals surface area contributed by atoms with E-state index in [4.69, 9.17) is 4.74 Å². The fourth-order valence-corrected chi connectivity index (χ4v) is 3.25. The van der Waals surface area contributed by atoms with Gasteiger partial charge < -0.3 is 9.64 Å². The lowest BCUT2D eigenvalue weighted by Gasteiger charge is -2.24. The lowest BCUT2D eigenvalue weighted by molar-refractivity contribution is -0.137. The van der Waals surface area contributed by atoms with Crippen molar-refractivity contribution in [3.8, 4) is 11.4 Å². The molecule has 0 bridgehead atoms. The first kappa shape index (κ1) is 25.2. The Kier molecular flexibility index (Phi) is 7.58. The average Bonchev–Trinajstić information content (AvgIpc) is 3.21. The van der Waals surface area contributed by atoms with Crippen LogP contribution in [0.2, 0.25) is 0 Å². The van der Waals surface area contributed by atoms with E-state index in [2.05, 4.69) is 15.4 Å². The summed E-state index contributed by atoms with van der Waals surface area (Å²) in [6, 6.07) is 12.6. The molecule has 0 spiro atoms. The summed E-state index contributed by atoms with van der Waals surface area (Å²) in [5, 5.41) is 12.7. The molecule has 0 atom stereocenters. The number of rotatable bonds is 7. The molecule has 3 rings (SSSR count). The van der Waals surface area contributed by atoms with E-state index in [1.807, 2.05) is 45.0 Å². The quantitative estimate of drug-likeness (QED) is 0.469. The third-order valence-corrected chi connectivity index (χ3v) is 4.94. The highest BCUT2D eigenvalue weighted by Crippen LogP contribution is 2.30. The molecule has 1 aromatic heterocycles. The van der Waals surface area contributed by atoms with Crippen molar-refractivity contribution < 1.29 is 22.7 Å². The SMILES string of the molecule is CN(CCCn1nnc(-c2ccccc2Cc2ccc(C(F)(F)F)cc2)n1)C(=O)OC(C)(C)C. The summed E-state index contributed by atoms with van der Waals surface area (Å²) in [6.07, 6.45) is -3.71. The van der Waals surface area contributed by atoms with Crippen molar-refractivity contribution in [3.63, 3.8) is 0 Å². The van der Waals surface area contributed by atoms with Gasteiger partial charge in [0.1, 0.15) is 5.60 Å². The predicted molar refractivity (Wildman–Crippen MR) is 121 cm³/mol. The second-order valence-electron chi connectivity index (χ2n) is 8.99. The zero-order chi connectivity index (χ0) is 24.9. The molecule has 1 heterocycles. The zero-order valence-electron chi connectivity index (χ0n) is 19.6. The van der Waals surface area contributed by atoms with Crippen LogP contribution < -0.4 is 0 Å². The first-order valence-corrected chi connectivity index (χ1v) is 10.9. The van der Waals surface area contributed by atoms with Crippen LogP contribution in [0.5, 0.6) is 0 Å². The zero-order valence-corrected chi connectivity index (χ0v) is 19.6. The van der Waals surface area contributed by atoms with Gasteiger partial charge in [0, 0.05) is 19.2 Å². The van der Waals surface area contributed by atoms with Crippen LogP contribution in [0.4, 0.5) is 18.0 Å². The molecule has 1 amide bonds. The molecular weight excluding hydrogens is 447 g/mol. The Labute approximate surface area is 196 Å². The molecular formula is C24H28F3N5O2. The van der Waals surface area contributed by atoms with Crippen LogP contribution in [0.1, 0.15) is 43.9 Å². The molecule has 0 fully saturated rings. The molecule has 0 aliphatic heterocycles. The van der Waals surface area contributed by atoms with Crippen LogP contribution in [-0.2, 0) is 23.9 Å². The summed E-state index contributed by atoms with van der Waals surface area (Å²) < 4.78 is 43.8. The normalized spacial score (nSPS) is 12.0. The van der Waals surface area contributed by atoms with Crippen molar-refractivity contribution in [2.24, 2.45) is 0 Å². The Balaban J connectivity index is 1.63. The van der Waals surface area contributed by atoms with Gasteiger partial charge in [-0.15, -0.1) is 10.2 Å². The maximum Gasteiger partial charge on any atom is 0.416 e. The highest BCUT2D eigenvalue weighted by Gasteiger charge is 2.30. The fourth-order valence-electron chi connectivity index (χ4n) is 3.25. The molecule has 0 aliphatic rings. The van der Waals surface area contributed by atoms with Crippen molar-refractivity contribution in [1.82, 2.24) is 25.1 Å². The van der Waals surface area contributed by atoms with Gasteiger partial charge in [0.15, 0.2) is 0 Å². The second kappa shape index (κ2) is 10.2. The first-order chi connectivity index (χ1) is 15.9. The van der Waals surface area contributed by atoms with Gasteiger partial charge in [0.25, 0.3) is 0 Å². The van der Waals surface area contributed by atoms with E-state index in [1.165, 1.54) is 21.8 Å². The Morgan fingerprint density at radius 2 is 1.74 bits per heavy atom. The van der Waals surface area contributed by atoms with Crippen LogP contribution in [0.25, 0.3) is 11.4 Å². The molecule has 0 saturated heterocycles. The summed E-state index contributed by atoms with van der Waals surface area (Å²) >= 11 is 0. The average molecular weight is 476 g/mol. The number of aromatic nitrogens is 4. The van der Waals surface area contributed by atoms with Gasteiger partial charge in [0.2, 0.25) is 5.82 Å². The van der Waals surface area contributed by atoms with E-state index in [-0.39, 0.29) is 0 Å². The number of carbonyl (C=O) groups is 1. The number of halogens is 3. The van der Waals surface area contributed by atoms with Gasteiger partial charge in [-0.3, -0.25) is 0 Å². The van der Waals surface area contributed by atoms with Gasteiger partial charge >= 0.3 is 12.3 Å². The van der Waals surface area contributed by atoms with E-state index in [0.29, 0.717) is 31.8 Å². The van der Waals surface area contributed by atoms with Crippen LogP contribution in [-0.4, -0.2) is 50.4 Å². The number of hydrogen-bond acceptors (Lipinski definition) is 5. The van der Waals surface area contributed by atoms with Crippen LogP contribution in [0, 0.1) is 0 Å². The van der Waals surface area contributed by atoms with Crippen molar-refractivity contribution in [1.29, 1.82) is 0 Å². The van der Waals surface area contributed by atoms with E-state index in [9.17, 15) is 18.0 Å². The summed E-state index contributed by atoms with van der Waals surface area (Å²) in [7, 11) is 1.67. The molecule has 0 aliphatic carbocycles. The molecule has 0 saturated carbocycles. The summed E-state index contributed by atoms with van der Waals surface area (Å²) in [4.78, 5) is 15.0. The van der Waals surface area contributed by atoms with Crippen LogP contribution in [0.15, 0.2) is 48.5 Å². The maximum atomic E-state index is 12.8. The lowest BCUT2D eigenvalue weighted by Crippen LogP contribution is -2.35. The third kappa shape index (κ3) is 7.03. The molecule has 7 nitrogen and oxygen atoms in total. The number of alkyl halides is 3. The minimum absolute atomic E-state index is 0.392. The topological polar surface area (TPSA) is 73.1 Å². The number of aryl methyl sites for hydroxylation is 1. The summed E-state index contributed by atoms with van der Waals surface area (Å²) in [5.41, 5.74) is 1.16. The van der Waals surface area contributed by atoms with Gasteiger partial charge in [-0.1, -0.05) is 36.4 Å². The van der Waals surface area contributed by atoms with Gasteiger partial charge in [-0.2, -0.15) is 18.0 Å². The predicted octanol–water partition coefficient (Wildman–Crippen LogP) is 5.21. The molecule has 34 heavy (non-hydrogen) atoms. The highest BCUT2D eigenvalue weighted by atomic mass is 19.4. The number of amides is 1. The van der Waals surface area contributed by atoms with Crippen molar-refractivity contribution in [2.75, 3.05) is 13.6 Å². The molecule has 0 radical (unpaired) electrons. The first-order valence-electron chi connectivity index (χ1n) is 10.9. The molecule has 10 heteroatoms. The van der Waals surface area contributed by atoms with Gasteiger partial charge in [-0.05, 0) is 62.1 Å². The number of hydrogen-bond donors (Lipinski definition) is 0. The van der Waals surface area contributed by atoms with E-state index in [1.54, 1.807) is 7.05 Å². The van der Waals surface area contributed by atoms with E-state index in [0.717, 1.165) is 28.8 Å². The fraction of sp³-hybridized carbons (Fsp3) is 0.417. The van der Waals surface area contributed by atoms with Crippen LogP contribution >= 0.6 is 0 Å². The highest BCUT2D eigenvalue weighted by molar-refractivity contribution is 5.67.